The quantitative estimate of drug-likeness (QED) is 0.908. The number of hydrogen-bond donors (Lipinski definition) is 1. The number of aromatic nitrogens is 2. The highest BCUT2D eigenvalue weighted by atomic mass is 16.5. The predicted molar refractivity (Wildman–Crippen MR) is 79.5 cm³/mol. The molecule has 1 N–H and O–H groups in total. The Morgan fingerprint density at radius 1 is 1.35 bits per heavy atom. The minimum absolute atomic E-state index is 0.379. The summed E-state index contributed by atoms with van der Waals surface area (Å²) >= 11 is 0. The zero-order valence-corrected chi connectivity index (χ0v) is 11.9. The summed E-state index contributed by atoms with van der Waals surface area (Å²) in [6, 6.07) is 10.7. The van der Waals surface area contributed by atoms with Gasteiger partial charge in [-0.05, 0) is 19.4 Å². The number of methoxy groups -OCH3 is 1. The number of imidazole rings is 1. The standard InChI is InChI=1S/C16H21N3O/c1-20-11-10-19-12-15(13-6-3-2-4-7-13)18-16(19)14-8-5-9-17-14/h2-4,6-7,12,14,17H,5,8-11H2,1H3/t14-/m0/s1. The molecule has 1 atom stereocenters. The first-order chi connectivity index (χ1) is 9.88. The summed E-state index contributed by atoms with van der Waals surface area (Å²) < 4.78 is 7.44. The molecule has 1 aliphatic rings. The van der Waals surface area contributed by atoms with Crippen LogP contribution in [0.15, 0.2) is 36.5 Å². The molecule has 1 aliphatic heterocycles. The normalized spacial score (nSPS) is 18.6. The maximum atomic E-state index is 5.21. The summed E-state index contributed by atoms with van der Waals surface area (Å²) in [5.41, 5.74) is 2.22. The van der Waals surface area contributed by atoms with E-state index >= 15 is 0 Å². The van der Waals surface area contributed by atoms with Crippen molar-refractivity contribution in [3.05, 3.63) is 42.4 Å². The second-order valence-electron chi connectivity index (χ2n) is 5.19. The van der Waals surface area contributed by atoms with Gasteiger partial charge in [0.25, 0.3) is 0 Å². The van der Waals surface area contributed by atoms with Crippen LogP contribution in [0.4, 0.5) is 0 Å². The fourth-order valence-corrected chi connectivity index (χ4v) is 2.73. The Morgan fingerprint density at radius 2 is 2.20 bits per heavy atom. The maximum Gasteiger partial charge on any atom is 0.126 e. The Bertz CT molecular complexity index is 544. The molecule has 4 heteroatoms. The van der Waals surface area contributed by atoms with E-state index in [1.54, 1.807) is 7.11 Å². The molecule has 0 radical (unpaired) electrons. The summed E-state index contributed by atoms with van der Waals surface area (Å²) in [5, 5.41) is 3.53. The Morgan fingerprint density at radius 3 is 2.90 bits per heavy atom. The largest absolute Gasteiger partial charge is 0.383 e. The number of rotatable bonds is 5. The van der Waals surface area contributed by atoms with Crippen molar-refractivity contribution in [1.29, 1.82) is 0 Å². The van der Waals surface area contributed by atoms with Gasteiger partial charge >= 0.3 is 0 Å². The van der Waals surface area contributed by atoms with Crippen LogP contribution >= 0.6 is 0 Å². The molecular weight excluding hydrogens is 250 g/mol. The van der Waals surface area contributed by atoms with E-state index in [2.05, 4.69) is 40.3 Å². The molecule has 0 amide bonds. The minimum Gasteiger partial charge on any atom is -0.383 e. The van der Waals surface area contributed by atoms with Crippen LogP contribution in [-0.4, -0.2) is 29.8 Å². The van der Waals surface area contributed by atoms with Gasteiger partial charge in [-0.3, -0.25) is 0 Å². The minimum atomic E-state index is 0.379. The molecule has 106 valence electrons. The molecule has 1 fully saturated rings. The molecular formula is C16H21N3O. The van der Waals surface area contributed by atoms with Gasteiger partial charge in [0.15, 0.2) is 0 Å². The summed E-state index contributed by atoms with van der Waals surface area (Å²) in [4.78, 5) is 4.86. The highest BCUT2D eigenvalue weighted by Gasteiger charge is 2.22. The van der Waals surface area contributed by atoms with Crippen molar-refractivity contribution in [3.8, 4) is 11.3 Å². The average Bonchev–Trinajstić information content (AvgIpc) is 3.15. The van der Waals surface area contributed by atoms with Gasteiger partial charge in [-0.1, -0.05) is 30.3 Å². The molecule has 0 spiro atoms. The summed E-state index contributed by atoms with van der Waals surface area (Å²) in [7, 11) is 1.74. The van der Waals surface area contributed by atoms with E-state index in [4.69, 9.17) is 9.72 Å². The molecule has 0 unspecified atom stereocenters. The van der Waals surface area contributed by atoms with Gasteiger partial charge in [0.05, 0.1) is 18.3 Å². The lowest BCUT2D eigenvalue weighted by atomic mass is 10.2. The molecule has 1 aromatic heterocycles. The number of benzene rings is 1. The van der Waals surface area contributed by atoms with Crippen molar-refractivity contribution in [3.63, 3.8) is 0 Å². The highest BCUT2D eigenvalue weighted by molar-refractivity contribution is 5.58. The van der Waals surface area contributed by atoms with Gasteiger partial charge in [-0.2, -0.15) is 0 Å². The van der Waals surface area contributed by atoms with E-state index in [0.717, 1.165) is 31.0 Å². The molecule has 1 saturated heterocycles. The van der Waals surface area contributed by atoms with Crippen LogP contribution in [-0.2, 0) is 11.3 Å². The molecule has 0 bridgehead atoms. The van der Waals surface area contributed by atoms with Crippen molar-refractivity contribution in [1.82, 2.24) is 14.9 Å². The van der Waals surface area contributed by atoms with E-state index in [-0.39, 0.29) is 0 Å². The monoisotopic (exact) mass is 271 g/mol. The number of nitrogens with one attached hydrogen (secondary N) is 1. The smallest absolute Gasteiger partial charge is 0.126 e. The van der Waals surface area contributed by atoms with Crippen LogP contribution < -0.4 is 5.32 Å². The third kappa shape index (κ3) is 2.76. The van der Waals surface area contributed by atoms with Gasteiger partial charge in [0.2, 0.25) is 0 Å². The van der Waals surface area contributed by atoms with Crippen LogP contribution in [0.25, 0.3) is 11.3 Å². The molecule has 0 aliphatic carbocycles. The van der Waals surface area contributed by atoms with E-state index < -0.39 is 0 Å². The van der Waals surface area contributed by atoms with Crippen LogP contribution in [0.1, 0.15) is 24.7 Å². The van der Waals surface area contributed by atoms with Crippen LogP contribution in [0.3, 0.4) is 0 Å². The maximum absolute atomic E-state index is 5.21. The number of nitrogens with zero attached hydrogens (tertiary/aromatic N) is 2. The Kier molecular flexibility index (Phi) is 4.14. The van der Waals surface area contributed by atoms with Gasteiger partial charge in [0, 0.05) is 25.4 Å². The summed E-state index contributed by atoms with van der Waals surface area (Å²) in [5.74, 6) is 1.14. The first-order valence-corrected chi connectivity index (χ1v) is 7.23. The Balaban J connectivity index is 1.92. The molecule has 20 heavy (non-hydrogen) atoms. The van der Waals surface area contributed by atoms with E-state index in [1.807, 2.05) is 6.07 Å². The van der Waals surface area contributed by atoms with Crippen molar-refractivity contribution in [2.24, 2.45) is 0 Å². The average molecular weight is 271 g/mol. The number of hydrogen-bond acceptors (Lipinski definition) is 3. The molecule has 2 heterocycles. The molecule has 3 rings (SSSR count). The second kappa shape index (κ2) is 6.20. The van der Waals surface area contributed by atoms with Crippen LogP contribution in [0.5, 0.6) is 0 Å². The number of ether oxygens (including phenoxy) is 1. The van der Waals surface area contributed by atoms with Crippen LogP contribution in [0, 0.1) is 0 Å². The lowest BCUT2D eigenvalue weighted by Crippen LogP contribution is -2.19. The van der Waals surface area contributed by atoms with Gasteiger partial charge < -0.3 is 14.6 Å². The zero-order chi connectivity index (χ0) is 13.8. The van der Waals surface area contributed by atoms with E-state index in [0.29, 0.717) is 12.6 Å². The molecule has 4 nitrogen and oxygen atoms in total. The molecule has 0 saturated carbocycles. The van der Waals surface area contributed by atoms with Crippen molar-refractivity contribution < 1.29 is 4.74 Å². The lowest BCUT2D eigenvalue weighted by molar-refractivity contribution is 0.185. The summed E-state index contributed by atoms with van der Waals surface area (Å²) in [6.07, 6.45) is 4.53. The third-order valence-corrected chi connectivity index (χ3v) is 3.79. The third-order valence-electron chi connectivity index (χ3n) is 3.79. The fourth-order valence-electron chi connectivity index (χ4n) is 2.73. The first-order valence-electron chi connectivity index (χ1n) is 7.23. The Labute approximate surface area is 119 Å². The topological polar surface area (TPSA) is 39.1 Å². The van der Waals surface area contributed by atoms with Crippen molar-refractivity contribution in [2.45, 2.75) is 25.4 Å². The Hall–Kier alpha value is -1.65. The van der Waals surface area contributed by atoms with Crippen molar-refractivity contribution in [2.75, 3.05) is 20.3 Å². The van der Waals surface area contributed by atoms with Gasteiger partial charge in [-0.25, -0.2) is 4.98 Å². The van der Waals surface area contributed by atoms with E-state index in [9.17, 15) is 0 Å². The fraction of sp³-hybridized carbons (Fsp3) is 0.438. The van der Waals surface area contributed by atoms with Crippen molar-refractivity contribution >= 4 is 0 Å². The summed E-state index contributed by atoms with van der Waals surface area (Å²) in [6.45, 7) is 2.65. The first kappa shape index (κ1) is 13.3. The molecule has 1 aromatic carbocycles. The van der Waals surface area contributed by atoms with E-state index in [1.165, 1.54) is 12.0 Å². The molecule has 2 aromatic rings. The van der Waals surface area contributed by atoms with Gasteiger partial charge in [-0.15, -0.1) is 0 Å². The van der Waals surface area contributed by atoms with Gasteiger partial charge in [0.1, 0.15) is 5.82 Å². The predicted octanol–water partition coefficient (Wildman–Crippen LogP) is 2.62. The SMILES string of the molecule is COCCn1cc(-c2ccccc2)nc1[C@@H]1CCCN1. The lowest BCUT2D eigenvalue weighted by Gasteiger charge is -2.12. The second-order valence-corrected chi connectivity index (χ2v) is 5.19. The van der Waals surface area contributed by atoms with Crippen LogP contribution in [0.2, 0.25) is 0 Å². The highest BCUT2D eigenvalue weighted by Crippen LogP contribution is 2.26. The zero-order valence-electron chi connectivity index (χ0n) is 11.9.